The molecule has 0 amide bonds. The first-order chi connectivity index (χ1) is 66.2. The number of benzene rings is 12. The molecule has 12 aromatic carbocycles. The summed E-state index contributed by atoms with van der Waals surface area (Å²) in [6, 6.07) is 71.6. The van der Waals surface area contributed by atoms with E-state index in [1.54, 1.807) is 28.4 Å². The molecule has 20 nitrogen and oxygen atoms in total. The van der Waals surface area contributed by atoms with Crippen LogP contribution in [0.5, 0.6) is 40.2 Å². The molecule has 0 radical (unpaired) electrons. The fourth-order valence-electron chi connectivity index (χ4n) is 13.3. The van der Waals surface area contributed by atoms with Gasteiger partial charge in [0, 0.05) is 56.3 Å². The Hall–Kier alpha value is -9.78. The van der Waals surface area contributed by atoms with E-state index in [4.69, 9.17) is 135 Å². The van der Waals surface area contributed by atoms with Crippen LogP contribution in [0.3, 0.4) is 0 Å². The Morgan fingerprint density at radius 3 is 0.797 bits per heavy atom. The lowest BCUT2D eigenvalue weighted by Crippen LogP contribution is -2.14. The minimum absolute atomic E-state index is 0.0803. The molecule has 0 aromatic heterocycles. The number of halogens is 6. The first-order valence-corrected chi connectivity index (χ1v) is 50.7. The summed E-state index contributed by atoms with van der Waals surface area (Å²) in [7, 11) is 9.25. The summed E-state index contributed by atoms with van der Waals surface area (Å²) in [6.45, 7) is 23.4. The van der Waals surface area contributed by atoms with Crippen molar-refractivity contribution < 1.29 is 66.7 Å². The average molecular weight is 2370 g/mol. The van der Waals surface area contributed by atoms with Gasteiger partial charge in [0.15, 0.2) is 0 Å². The molecule has 1 aliphatic carbocycles. The lowest BCUT2D eigenvalue weighted by Gasteiger charge is -2.17. The van der Waals surface area contributed by atoms with E-state index >= 15 is 0 Å². The van der Waals surface area contributed by atoms with E-state index < -0.39 is 0 Å². The van der Waals surface area contributed by atoms with Crippen molar-refractivity contribution in [1.82, 2.24) is 0 Å². The maximum Gasteiger partial charge on any atom is 0.260 e. The van der Waals surface area contributed by atoms with Crippen molar-refractivity contribution in [2.75, 3.05) is 81.2 Å². The summed E-state index contributed by atoms with van der Waals surface area (Å²) in [5.74, 6) is 6.18. The van der Waals surface area contributed by atoms with Crippen LogP contribution < -0.4 is 65.1 Å². The van der Waals surface area contributed by atoms with Crippen LogP contribution in [0, 0.1) is 55.4 Å². The topological polar surface area (TPSA) is 212 Å². The van der Waals surface area contributed by atoms with E-state index in [1.165, 1.54) is 60.4 Å². The Balaban J connectivity index is 0.000000203. The number of rotatable bonds is 29. The number of hydrogen-bond acceptors (Lipinski definition) is 20. The fraction of sp³-hybridized carbons (Fsp3) is 0.264. The zero-order chi connectivity index (χ0) is 100. The van der Waals surface area contributed by atoms with Gasteiger partial charge < -0.3 is 98.6 Å². The Labute approximate surface area is 893 Å². The molecule has 0 heterocycles. The van der Waals surface area contributed by atoms with Gasteiger partial charge in [-0.1, -0.05) is 110 Å². The third-order valence-corrected chi connectivity index (χ3v) is 26.2. The van der Waals surface area contributed by atoms with Crippen LogP contribution in [-0.4, -0.2) is 85.4 Å². The molecule has 0 saturated heterocycles. The quantitative estimate of drug-likeness (QED) is 0.0217. The number of nitrogens with one attached hydrogen (secondary N) is 6. The van der Waals surface area contributed by atoms with Crippen molar-refractivity contribution in [3.8, 4) is 40.2 Å². The highest BCUT2D eigenvalue weighted by Crippen LogP contribution is 2.45. The molecular weight excluding hydrogens is 2250 g/mol. The second-order valence-electron chi connectivity index (χ2n) is 31.0. The van der Waals surface area contributed by atoms with E-state index in [2.05, 4.69) is 173 Å². The van der Waals surface area contributed by atoms with Gasteiger partial charge in [-0.05, 0) is 433 Å². The zero-order valence-electron chi connectivity index (χ0n) is 79.6. The van der Waals surface area contributed by atoms with Crippen molar-refractivity contribution in [3.05, 3.63) is 340 Å². The number of ether oxygens (including phenoxy) is 13. The lowest BCUT2D eigenvalue weighted by molar-refractivity contribution is 0.269. The molecule has 13 rings (SSSR count). The summed E-state index contributed by atoms with van der Waals surface area (Å²) in [6.07, 6.45) is 3.39. The number of anilines is 6. The second-order valence-corrected chi connectivity index (χ2v) is 38.3. The number of aliphatic hydroxyl groups is 1. The first-order valence-electron chi connectivity index (χ1n) is 43.5. The van der Waals surface area contributed by atoms with Crippen LogP contribution in [0.2, 0.25) is 0 Å². The first kappa shape index (κ1) is 113. The Bertz CT molecular complexity index is 5920. The molecule has 730 valence electrons. The van der Waals surface area contributed by atoms with E-state index in [0.29, 0.717) is 78.0 Å². The standard InChI is InChI=1S/C19H20BrNO2S.C18H20BrNO3S.C18H20BrNO2S.C17H18BrNO3S.2C17H18BrNO2S/c1-12-6-9-18(16(20)10-12)23-11-15-14(13-7-8-13)4-3-5-17(15)21-19(24)22-2;1-4-22-16-7-5-6-15(20-18(24)21-3)13(16)11-23-17-9-8-12(2)10-14(17)19;1-4-13-6-5-7-16(20-18(23)21-3)14(13)11-22-17-9-8-12(2)10-15(17)19;1-11-6-7-16(14(18)8-11)22-10-13-12(9-20)4-3-5-15(13)19-17(23)21-2;2*1-11-7-8-16(14(18)9-11)21-10-13-12(2)5-4-6-15(13)19-17(22)20-3/h3-6,9-10,13H,7-8,11H2,1-2H3,(H,21,24);5-10H,4,11H2,1-3H3,(H,20,24);5-10H,4,11H2,1-3H3,(H,20,23);3-8,20H,9-10H2,1-2H3,(H,19,23);2*4-9H,10H2,1-3H3,(H,19,22). The van der Waals surface area contributed by atoms with Crippen LogP contribution in [0.25, 0.3) is 0 Å². The maximum absolute atomic E-state index is 9.57. The molecule has 12 aromatic rings. The molecule has 1 saturated carbocycles. The summed E-state index contributed by atoms with van der Waals surface area (Å²) in [5.41, 5.74) is 23.9. The number of hydrogen-bond donors (Lipinski definition) is 7. The molecule has 32 heteroatoms. The summed E-state index contributed by atoms with van der Waals surface area (Å²) >= 11 is 51.7. The molecule has 0 bridgehead atoms. The van der Waals surface area contributed by atoms with Gasteiger partial charge in [0.05, 0.1) is 94.0 Å². The van der Waals surface area contributed by atoms with Crippen molar-refractivity contribution >= 4 is 234 Å². The van der Waals surface area contributed by atoms with E-state index in [1.807, 2.05) is 243 Å². The van der Waals surface area contributed by atoms with Crippen LogP contribution in [-0.2, 0) is 81.1 Å². The largest absolute Gasteiger partial charge is 0.493 e. The average Bonchev–Trinajstić information content (AvgIpc) is 1.67. The molecule has 0 atom stereocenters. The monoisotopic (exact) mass is 2360 g/mol. The van der Waals surface area contributed by atoms with Gasteiger partial charge >= 0.3 is 0 Å². The Morgan fingerprint density at radius 2 is 0.522 bits per heavy atom. The fourth-order valence-corrected chi connectivity index (χ4v) is 17.6. The van der Waals surface area contributed by atoms with Gasteiger partial charge in [-0.2, -0.15) is 0 Å². The van der Waals surface area contributed by atoms with Gasteiger partial charge in [0.1, 0.15) is 79.9 Å². The van der Waals surface area contributed by atoms with Crippen molar-refractivity contribution in [3.63, 3.8) is 0 Å². The molecule has 0 spiro atoms. The maximum atomic E-state index is 9.57. The van der Waals surface area contributed by atoms with Gasteiger partial charge in [0.2, 0.25) is 0 Å². The second kappa shape index (κ2) is 59.1. The predicted octanol–water partition coefficient (Wildman–Crippen LogP) is 30.0. The highest BCUT2D eigenvalue weighted by atomic mass is 79.9. The number of methoxy groups -OCH3 is 6. The lowest BCUT2D eigenvalue weighted by atomic mass is 10.0. The van der Waals surface area contributed by atoms with Crippen molar-refractivity contribution in [1.29, 1.82) is 0 Å². The van der Waals surface area contributed by atoms with Gasteiger partial charge in [-0.25, -0.2) is 0 Å². The molecule has 0 aliphatic heterocycles. The summed E-state index contributed by atoms with van der Waals surface area (Å²) in [5, 5.41) is 30.0. The minimum Gasteiger partial charge on any atom is -0.493 e. The van der Waals surface area contributed by atoms with Gasteiger partial charge in [0.25, 0.3) is 31.0 Å². The highest BCUT2D eigenvalue weighted by molar-refractivity contribution is 9.11. The number of aryl methyl sites for hydroxylation is 9. The SMILES string of the molecule is CCOc1cccc(NC(=S)OC)c1COc1ccc(C)cc1Br.CCc1cccc(NC(=S)OC)c1COc1ccc(C)cc1Br.COC(=S)Nc1cccc(C)c1COc1ccc(C)cc1Br.COC(=S)Nc1cccc(C)c1COc1ccc(C)cc1Br.COC(=S)Nc1cccc(C2CC2)c1COc1ccc(C)cc1Br.COC(=S)Nc1cccc(CO)c1COc1ccc(C)cc1Br. The predicted molar refractivity (Wildman–Crippen MR) is 605 cm³/mol. The Morgan fingerprint density at radius 1 is 0.283 bits per heavy atom. The molecule has 0 unspecified atom stereocenters. The smallest absolute Gasteiger partial charge is 0.260 e. The molecule has 1 aliphatic rings. The van der Waals surface area contributed by atoms with Crippen molar-refractivity contribution in [2.24, 2.45) is 0 Å². The van der Waals surface area contributed by atoms with Gasteiger partial charge in [-0.3, -0.25) is 0 Å². The number of aliphatic hydroxyl groups excluding tert-OH is 1. The number of thiocarbonyl (C=S) groups is 6. The third kappa shape index (κ3) is 36.7. The van der Waals surface area contributed by atoms with Crippen LogP contribution in [0.1, 0.15) is 127 Å². The van der Waals surface area contributed by atoms with Crippen LogP contribution in [0.15, 0.2) is 245 Å². The normalized spacial score (nSPS) is 10.8. The van der Waals surface area contributed by atoms with Crippen LogP contribution in [0.4, 0.5) is 34.1 Å². The molecular formula is C106H114Br6N6O14S6. The molecule has 138 heavy (non-hydrogen) atoms. The summed E-state index contributed by atoms with van der Waals surface area (Å²) in [4.78, 5) is 0. The summed E-state index contributed by atoms with van der Waals surface area (Å²) < 4.78 is 77.4. The highest BCUT2D eigenvalue weighted by Gasteiger charge is 2.28. The Kier molecular flexibility index (Phi) is 48.6. The molecule has 1 fully saturated rings. The van der Waals surface area contributed by atoms with E-state index in [9.17, 15) is 5.11 Å². The third-order valence-electron chi connectivity index (χ3n) is 20.9. The van der Waals surface area contributed by atoms with E-state index in [0.717, 1.165) is 169 Å². The molecule has 7 N–H and O–H groups in total. The van der Waals surface area contributed by atoms with E-state index in [-0.39, 0.29) is 11.8 Å². The van der Waals surface area contributed by atoms with Crippen LogP contribution >= 0.6 is 169 Å². The van der Waals surface area contributed by atoms with Gasteiger partial charge in [-0.15, -0.1) is 0 Å². The van der Waals surface area contributed by atoms with Crippen molar-refractivity contribution in [2.45, 2.75) is 141 Å². The minimum atomic E-state index is -0.0803. The zero-order valence-corrected chi connectivity index (χ0v) is 94.0.